The summed E-state index contributed by atoms with van der Waals surface area (Å²) in [5, 5.41) is 3.75. The van der Waals surface area contributed by atoms with Crippen molar-refractivity contribution in [2.45, 2.75) is 82.3 Å². The van der Waals surface area contributed by atoms with E-state index in [1.54, 1.807) is 57.4 Å². The molecule has 2 aromatic carbocycles. The minimum atomic E-state index is -3.90. The van der Waals surface area contributed by atoms with Gasteiger partial charge in [0.2, 0.25) is 10.0 Å². The Balaban J connectivity index is 1.62. The molecule has 0 saturated heterocycles. The minimum Gasteiger partial charge on any atom is -0.441 e. The topological polar surface area (TPSA) is 97.4 Å². The van der Waals surface area contributed by atoms with E-state index in [1.165, 1.54) is 25.3 Å². The Hall–Kier alpha value is -2.75. The number of carbonyl (C=O) groups is 1. The summed E-state index contributed by atoms with van der Waals surface area (Å²) in [6.45, 7) is 7.17. The molecule has 2 N–H and O–H groups in total. The number of hydrogen-bond acceptors (Lipinski definition) is 6. The van der Waals surface area contributed by atoms with Crippen molar-refractivity contribution in [3.63, 3.8) is 0 Å². The van der Waals surface area contributed by atoms with Crippen LogP contribution in [0.25, 0.3) is 10.4 Å². The maximum absolute atomic E-state index is 13.5. The molecule has 0 radical (unpaired) electrons. The molecule has 1 aliphatic rings. The van der Waals surface area contributed by atoms with Crippen LogP contribution in [0.15, 0.2) is 59.6 Å². The number of amides is 1. The molecular formula is C28H35N3O4S2. The Morgan fingerprint density at radius 1 is 1.08 bits per heavy atom. The maximum atomic E-state index is 13.5. The number of aromatic nitrogens is 1. The van der Waals surface area contributed by atoms with Gasteiger partial charge in [0.05, 0.1) is 14.8 Å². The Morgan fingerprint density at radius 3 is 2.46 bits per heavy atom. The fourth-order valence-electron chi connectivity index (χ4n) is 4.53. The van der Waals surface area contributed by atoms with Crippen molar-refractivity contribution in [2.24, 2.45) is 0 Å². The molecule has 1 saturated carbocycles. The number of sulfonamides is 1. The molecule has 1 atom stereocenters. The second-order valence-corrected chi connectivity index (χ2v) is 13.3. The Labute approximate surface area is 223 Å². The van der Waals surface area contributed by atoms with Crippen molar-refractivity contribution in [1.29, 1.82) is 0 Å². The molecule has 1 heterocycles. The molecule has 1 aromatic heterocycles. The van der Waals surface area contributed by atoms with Crippen LogP contribution < -0.4 is 10.0 Å². The number of thiazole rings is 1. The summed E-state index contributed by atoms with van der Waals surface area (Å²) in [5.74, 6) is 0.433. The van der Waals surface area contributed by atoms with Gasteiger partial charge >= 0.3 is 6.09 Å². The van der Waals surface area contributed by atoms with E-state index in [9.17, 15) is 13.2 Å². The molecular weight excluding hydrogens is 506 g/mol. The molecule has 1 amide bonds. The number of ether oxygens (including phenoxy) is 1. The van der Waals surface area contributed by atoms with Gasteiger partial charge in [0.15, 0.2) is 0 Å². The SMILES string of the molecule is C[C@H](OC(=O)Nc1ccc(-c2cnc(C3CCCCC3)s2)c(S(=O)(=O)NC(C)(C)C)c1)c1ccccc1. The van der Waals surface area contributed by atoms with Crippen molar-refractivity contribution < 1.29 is 17.9 Å². The van der Waals surface area contributed by atoms with Gasteiger partial charge in [0.1, 0.15) is 6.10 Å². The van der Waals surface area contributed by atoms with E-state index in [2.05, 4.69) is 15.0 Å². The monoisotopic (exact) mass is 541 g/mol. The van der Waals surface area contributed by atoms with Crippen LogP contribution in [0.1, 0.15) is 82.4 Å². The number of nitrogens with one attached hydrogen (secondary N) is 2. The van der Waals surface area contributed by atoms with Gasteiger partial charge in [-0.1, -0.05) is 55.7 Å². The second-order valence-electron chi connectivity index (χ2n) is 10.5. The van der Waals surface area contributed by atoms with Crippen molar-refractivity contribution in [2.75, 3.05) is 5.32 Å². The molecule has 4 rings (SSSR count). The van der Waals surface area contributed by atoms with Gasteiger partial charge in [-0.25, -0.2) is 22.9 Å². The summed E-state index contributed by atoms with van der Waals surface area (Å²) < 4.78 is 35.2. The molecule has 3 aromatic rings. The lowest BCUT2D eigenvalue weighted by Gasteiger charge is -2.22. The maximum Gasteiger partial charge on any atom is 0.412 e. The van der Waals surface area contributed by atoms with Crippen LogP contribution in [0.4, 0.5) is 10.5 Å². The highest BCUT2D eigenvalue weighted by atomic mass is 32.2. The number of anilines is 1. The molecule has 9 heteroatoms. The fraction of sp³-hybridized carbons (Fsp3) is 0.429. The van der Waals surface area contributed by atoms with Crippen LogP contribution in [0.5, 0.6) is 0 Å². The summed E-state index contributed by atoms with van der Waals surface area (Å²) in [6, 6.07) is 14.3. The Morgan fingerprint density at radius 2 is 1.78 bits per heavy atom. The average molecular weight is 542 g/mol. The van der Waals surface area contributed by atoms with Gasteiger partial charge in [-0.15, -0.1) is 11.3 Å². The smallest absolute Gasteiger partial charge is 0.412 e. The average Bonchev–Trinajstić information content (AvgIpc) is 3.34. The highest BCUT2D eigenvalue weighted by molar-refractivity contribution is 7.89. The lowest BCUT2D eigenvalue weighted by molar-refractivity contribution is 0.121. The third-order valence-corrected chi connectivity index (χ3v) is 9.25. The van der Waals surface area contributed by atoms with E-state index in [4.69, 9.17) is 4.74 Å². The van der Waals surface area contributed by atoms with Crippen LogP contribution >= 0.6 is 11.3 Å². The van der Waals surface area contributed by atoms with Crippen LogP contribution in [0.2, 0.25) is 0 Å². The first-order chi connectivity index (χ1) is 17.5. The zero-order chi connectivity index (χ0) is 26.6. The van der Waals surface area contributed by atoms with Crippen LogP contribution in [-0.4, -0.2) is 25.0 Å². The number of nitrogens with zero attached hydrogens (tertiary/aromatic N) is 1. The fourth-order valence-corrected chi connectivity index (χ4v) is 7.39. The van der Waals surface area contributed by atoms with Crippen LogP contribution in [-0.2, 0) is 14.8 Å². The van der Waals surface area contributed by atoms with Crippen molar-refractivity contribution in [3.05, 3.63) is 65.3 Å². The summed E-state index contributed by atoms with van der Waals surface area (Å²) in [5.41, 5.74) is 1.09. The van der Waals surface area contributed by atoms with Crippen molar-refractivity contribution in [1.82, 2.24) is 9.71 Å². The van der Waals surface area contributed by atoms with Crippen molar-refractivity contribution in [3.8, 4) is 10.4 Å². The number of benzene rings is 2. The second kappa shape index (κ2) is 11.3. The van der Waals surface area contributed by atoms with E-state index < -0.39 is 27.8 Å². The quantitative estimate of drug-likeness (QED) is 0.328. The van der Waals surface area contributed by atoms with Gasteiger partial charge in [0.25, 0.3) is 0 Å². The molecule has 0 unspecified atom stereocenters. The first-order valence-corrected chi connectivity index (χ1v) is 15.0. The Bertz CT molecular complexity index is 1320. The van der Waals surface area contributed by atoms with Gasteiger partial charge in [-0.05, 0) is 58.2 Å². The van der Waals surface area contributed by atoms with Crippen LogP contribution in [0.3, 0.4) is 0 Å². The molecule has 0 spiro atoms. The lowest BCUT2D eigenvalue weighted by Crippen LogP contribution is -2.40. The normalized spacial score (nSPS) is 15.8. The van der Waals surface area contributed by atoms with Crippen LogP contribution in [0, 0.1) is 0 Å². The molecule has 37 heavy (non-hydrogen) atoms. The predicted octanol–water partition coefficient (Wildman–Crippen LogP) is 7.24. The number of hydrogen-bond donors (Lipinski definition) is 2. The first kappa shape index (κ1) is 27.3. The van der Waals surface area contributed by atoms with Gasteiger partial charge in [-0.2, -0.15) is 0 Å². The van der Waals surface area contributed by atoms with E-state index in [0.717, 1.165) is 28.3 Å². The zero-order valence-electron chi connectivity index (χ0n) is 21.8. The van der Waals surface area contributed by atoms with E-state index in [1.807, 2.05) is 30.3 Å². The molecule has 1 aliphatic carbocycles. The number of rotatable bonds is 7. The predicted molar refractivity (Wildman–Crippen MR) is 148 cm³/mol. The third-order valence-electron chi connectivity index (χ3n) is 6.25. The number of carbonyl (C=O) groups excluding carboxylic acids is 1. The molecule has 7 nitrogen and oxygen atoms in total. The standard InChI is InChI=1S/C28H35N3O4S2/c1-19(20-11-7-5-8-12-20)35-27(32)30-22-15-16-23(25(17-22)37(33,34)31-28(2,3)4)24-18-29-26(36-24)21-13-9-6-10-14-21/h5,7-8,11-12,15-19,21,31H,6,9-10,13-14H2,1-4H3,(H,30,32)/t19-/m0/s1. The molecule has 0 bridgehead atoms. The van der Waals surface area contributed by atoms with Gasteiger partial charge < -0.3 is 4.74 Å². The third kappa shape index (κ3) is 7.18. The van der Waals surface area contributed by atoms with E-state index in [0.29, 0.717) is 17.2 Å². The summed E-state index contributed by atoms with van der Waals surface area (Å²) in [4.78, 5) is 18.2. The summed E-state index contributed by atoms with van der Waals surface area (Å²) in [7, 11) is -3.90. The van der Waals surface area contributed by atoms with E-state index >= 15 is 0 Å². The van der Waals surface area contributed by atoms with Crippen molar-refractivity contribution >= 4 is 33.1 Å². The van der Waals surface area contributed by atoms with Gasteiger partial charge in [-0.3, -0.25) is 5.32 Å². The summed E-state index contributed by atoms with van der Waals surface area (Å²) >= 11 is 1.55. The molecule has 0 aliphatic heterocycles. The largest absolute Gasteiger partial charge is 0.441 e. The van der Waals surface area contributed by atoms with E-state index in [-0.39, 0.29) is 4.90 Å². The zero-order valence-corrected chi connectivity index (χ0v) is 23.4. The summed E-state index contributed by atoms with van der Waals surface area (Å²) in [6.07, 6.45) is 6.56. The minimum absolute atomic E-state index is 0.0928. The Kier molecular flexibility index (Phi) is 8.36. The molecule has 198 valence electrons. The highest BCUT2D eigenvalue weighted by Gasteiger charge is 2.27. The highest BCUT2D eigenvalue weighted by Crippen LogP contribution is 2.40. The first-order valence-electron chi connectivity index (χ1n) is 12.7. The molecule has 1 fully saturated rings. The lowest BCUT2D eigenvalue weighted by atomic mass is 9.90. The van der Waals surface area contributed by atoms with Gasteiger partial charge in [0, 0.05) is 28.9 Å².